The molecule has 8 nitrogen and oxygen atoms in total. The molecule has 1 saturated carbocycles. The van der Waals surface area contributed by atoms with Gasteiger partial charge in [0.2, 0.25) is 22.1 Å². The molecule has 0 unspecified atom stereocenters. The summed E-state index contributed by atoms with van der Waals surface area (Å²) >= 11 is 2.73. The van der Waals surface area contributed by atoms with Crippen molar-refractivity contribution in [1.82, 2.24) is 20.4 Å². The van der Waals surface area contributed by atoms with Crippen molar-refractivity contribution in [3.63, 3.8) is 0 Å². The minimum atomic E-state index is -0.343. The second-order valence-corrected chi connectivity index (χ2v) is 11.2. The molecule has 12 heteroatoms. The third-order valence-corrected chi connectivity index (χ3v) is 8.30. The van der Waals surface area contributed by atoms with Crippen molar-refractivity contribution in [3.8, 4) is 0 Å². The van der Waals surface area contributed by atoms with Gasteiger partial charge in [-0.05, 0) is 54.7 Å². The molecule has 2 heterocycles. The highest BCUT2D eigenvalue weighted by Gasteiger charge is 2.29. The molecule has 2 N–H and O–H groups in total. The Morgan fingerprint density at radius 3 is 1.55 bits per heavy atom. The predicted octanol–water partition coefficient (Wildman–Crippen LogP) is 5.47. The summed E-state index contributed by atoms with van der Waals surface area (Å²) in [5, 5.41) is 25.1. The highest BCUT2D eigenvalue weighted by atomic mass is 32.1. The normalized spacial score (nSPS) is 17.2. The average molecular weight is 555 g/mol. The Kier molecular flexibility index (Phi) is 8.08. The largest absolute Gasteiger partial charge is 0.300 e. The fraction of sp³-hybridized carbons (Fsp3) is 0.308. The molecular formula is C26H24F2N6O2S2. The molecule has 0 saturated heterocycles. The molecule has 2 amide bonds. The molecule has 196 valence electrons. The lowest BCUT2D eigenvalue weighted by molar-refractivity contribution is -0.116. The Bertz CT molecular complexity index is 1300. The fourth-order valence-electron chi connectivity index (χ4n) is 4.44. The Morgan fingerprint density at radius 1 is 0.711 bits per heavy atom. The van der Waals surface area contributed by atoms with Crippen LogP contribution in [0.4, 0.5) is 19.0 Å². The van der Waals surface area contributed by atoms with Crippen molar-refractivity contribution in [2.24, 2.45) is 0 Å². The minimum Gasteiger partial charge on any atom is -0.300 e. The van der Waals surface area contributed by atoms with Crippen molar-refractivity contribution < 1.29 is 18.4 Å². The predicted molar refractivity (Wildman–Crippen MR) is 141 cm³/mol. The van der Waals surface area contributed by atoms with E-state index in [0.717, 1.165) is 35.7 Å². The van der Waals surface area contributed by atoms with Gasteiger partial charge in [-0.25, -0.2) is 8.78 Å². The standard InChI is InChI=1S/C26H24F2N6O2S2/c27-19-8-4-15(5-9-19)12-21(35)29-25-33-31-23(37-25)17-2-1-3-18(14-17)24-32-34-26(38-24)30-22(36)13-16-6-10-20(28)11-7-16/h4-11,17-18H,1-3,12-14H2,(H,29,33,35)(H,30,34,36)/t17-,18-/m1/s1. The van der Waals surface area contributed by atoms with Crippen LogP contribution < -0.4 is 10.6 Å². The molecule has 1 aliphatic rings. The summed E-state index contributed by atoms with van der Waals surface area (Å²) in [6.07, 6.45) is 4.01. The molecule has 5 rings (SSSR count). The number of hydrogen-bond donors (Lipinski definition) is 2. The van der Waals surface area contributed by atoms with Gasteiger partial charge >= 0.3 is 0 Å². The zero-order valence-electron chi connectivity index (χ0n) is 20.2. The molecule has 1 fully saturated rings. The monoisotopic (exact) mass is 554 g/mol. The van der Waals surface area contributed by atoms with Crippen molar-refractivity contribution in [3.05, 3.63) is 81.3 Å². The van der Waals surface area contributed by atoms with Gasteiger partial charge in [-0.3, -0.25) is 9.59 Å². The maximum atomic E-state index is 13.1. The van der Waals surface area contributed by atoms with Crippen LogP contribution in [-0.4, -0.2) is 32.2 Å². The second-order valence-electron chi connectivity index (χ2n) is 9.15. The summed E-state index contributed by atoms with van der Waals surface area (Å²) < 4.78 is 26.1. The first-order valence-electron chi connectivity index (χ1n) is 12.2. The molecule has 0 spiro atoms. The minimum absolute atomic E-state index is 0.126. The van der Waals surface area contributed by atoms with Crippen LogP contribution in [0.5, 0.6) is 0 Å². The summed E-state index contributed by atoms with van der Waals surface area (Å²) in [5.74, 6) is -0.772. The summed E-state index contributed by atoms with van der Waals surface area (Å²) in [5.41, 5.74) is 1.43. The number of halogens is 2. The number of nitrogens with one attached hydrogen (secondary N) is 2. The lowest BCUT2D eigenvalue weighted by atomic mass is 9.82. The number of amides is 2. The van der Waals surface area contributed by atoms with Crippen LogP contribution in [0.25, 0.3) is 0 Å². The number of benzene rings is 2. The van der Waals surface area contributed by atoms with Gasteiger partial charge in [0.1, 0.15) is 21.6 Å². The van der Waals surface area contributed by atoms with Gasteiger partial charge < -0.3 is 10.6 Å². The molecule has 4 aromatic rings. The van der Waals surface area contributed by atoms with E-state index in [1.807, 2.05) is 0 Å². The van der Waals surface area contributed by atoms with Gasteiger partial charge in [-0.15, -0.1) is 20.4 Å². The first-order valence-corrected chi connectivity index (χ1v) is 13.8. The molecule has 0 bridgehead atoms. The molecular weight excluding hydrogens is 530 g/mol. The van der Waals surface area contributed by atoms with E-state index in [-0.39, 0.29) is 48.1 Å². The third kappa shape index (κ3) is 6.81. The number of rotatable bonds is 8. The Labute approximate surface area is 225 Å². The molecule has 2 atom stereocenters. The number of hydrogen-bond acceptors (Lipinski definition) is 8. The van der Waals surface area contributed by atoms with Crippen LogP contribution in [0.1, 0.15) is 58.7 Å². The Balaban J connectivity index is 1.14. The van der Waals surface area contributed by atoms with Crippen LogP contribution >= 0.6 is 22.7 Å². The molecule has 2 aromatic carbocycles. The van der Waals surface area contributed by atoms with Gasteiger partial charge in [0.15, 0.2) is 0 Å². The van der Waals surface area contributed by atoms with E-state index in [2.05, 4.69) is 31.0 Å². The Morgan fingerprint density at radius 2 is 1.13 bits per heavy atom. The maximum absolute atomic E-state index is 13.1. The van der Waals surface area contributed by atoms with Gasteiger partial charge in [-0.2, -0.15) is 0 Å². The zero-order chi connectivity index (χ0) is 26.5. The zero-order valence-corrected chi connectivity index (χ0v) is 21.8. The van der Waals surface area contributed by atoms with E-state index >= 15 is 0 Å². The van der Waals surface area contributed by atoms with Crippen LogP contribution in [0.15, 0.2) is 48.5 Å². The highest BCUT2D eigenvalue weighted by molar-refractivity contribution is 7.15. The SMILES string of the molecule is O=C(Cc1ccc(F)cc1)Nc1nnc([C@@H]2CCC[C@@H](c3nnc(NC(=O)Cc4ccc(F)cc4)s3)C2)s1. The third-order valence-electron chi connectivity index (χ3n) is 6.30. The van der Waals surface area contributed by atoms with Crippen molar-refractivity contribution in [2.45, 2.75) is 50.4 Å². The molecule has 38 heavy (non-hydrogen) atoms. The number of anilines is 2. The van der Waals surface area contributed by atoms with Gasteiger partial charge in [-0.1, -0.05) is 53.4 Å². The number of carbonyl (C=O) groups excluding carboxylic acids is 2. The van der Waals surface area contributed by atoms with Gasteiger partial charge in [0.25, 0.3) is 0 Å². The molecule has 2 aromatic heterocycles. The van der Waals surface area contributed by atoms with E-state index in [4.69, 9.17) is 0 Å². The molecule has 0 radical (unpaired) electrons. The summed E-state index contributed by atoms with van der Waals surface area (Å²) in [4.78, 5) is 24.7. The van der Waals surface area contributed by atoms with Crippen LogP contribution in [0, 0.1) is 11.6 Å². The van der Waals surface area contributed by atoms with E-state index < -0.39 is 0 Å². The van der Waals surface area contributed by atoms with Crippen molar-refractivity contribution >= 4 is 44.8 Å². The van der Waals surface area contributed by atoms with Gasteiger partial charge in [0, 0.05) is 11.8 Å². The van der Waals surface area contributed by atoms with Crippen LogP contribution in [0.2, 0.25) is 0 Å². The quantitative estimate of drug-likeness (QED) is 0.299. The van der Waals surface area contributed by atoms with E-state index in [0.29, 0.717) is 21.4 Å². The smallest absolute Gasteiger partial charge is 0.230 e. The van der Waals surface area contributed by atoms with Crippen molar-refractivity contribution in [2.75, 3.05) is 10.6 Å². The summed E-state index contributed by atoms with van der Waals surface area (Å²) in [6, 6.07) is 11.6. The Hall–Kier alpha value is -3.64. The van der Waals surface area contributed by atoms with Gasteiger partial charge in [0.05, 0.1) is 12.8 Å². The number of aromatic nitrogens is 4. The summed E-state index contributed by atoms with van der Waals surface area (Å²) in [6.45, 7) is 0. The van der Waals surface area contributed by atoms with Crippen molar-refractivity contribution in [1.29, 1.82) is 0 Å². The summed E-state index contributed by atoms with van der Waals surface area (Å²) in [7, 11) is 0. The lowest BCUT2D eigenvalue weighted by Gasteiger charge is -2.25. The second kappa shape index (κ2) is 11.8. The van der Waals surface area contributed by atoms with Crippen LogP contribution in [0.3, 0.4) is 0 Å². The highest BCUT2D eigenvalue weighted by Crippen LogP contribution is 2.43. The number of carbonyl (C=O) groups is 2. The fourth-order valence-corrected chi connectivity index (χ4v) is 6.25. The van der Waals surface area contributed by atoms with E-state index in [1.165, 1.54) is 46.9 Å². The van der Waals surface area contributed by atoms with E-state index in [9.17, 15) is 18.4 Å². The van der Waals surface area contributed by atoms with Crippen LogP contribution in [-0.2, 0) is 22.4 Å². The maximum Gasteiger partial charge on any atom is 0.230 e. The first-order chi connectivity index (χ1) is 18.4. The number of nitrogens with zero attached hydrogens (tertiary/aromatic N) is 4. The lowest BCUT2D eigenvalue weighted by Crippen LogP contribution is -2.14. The molecule has 1 aliphatic carbocycles. The topological polar surface area (TPSA) is 110 Å². The average Bonchev–Trinajstić information content (AvgIpc) is 3.57. The molecule has 0 aliphatic heterocycles. The van der Waals surface area contributed by atoms with E-state index in [1.54, 1.807) is 24.3 Å². The first kappa shape index (κ1) is 26.0.